The summed E-state index contributed by atoms with van der Waals surface area (Å²) in [6, 6.07) is 3.38. The van der Waals surface area contributed by atoms with Crippen molar-refractivity contribution in [3.8, 4) is 5.75 Å². The molecule has 1 aromatic rings. The molecule has 0 aliphatic carbocycles. The molecule has 0 saturated carbocycles. The van der Waals surface area contributed by atoms with Crippen molar-refractivity contribution >= 4 is 35.6 Å². The Bertz CT molecular complexity index is 560. The molecule has 3 N–H and O–H groups in total. The average molecular weight is 346 g/mol. The highest BCUT2D eigenvalue weighted by molar-refractivity contribution is 6.33. The van der Waals surface area contributed by atoms with Crippen LogP contribution in [0.1, 0.15) is 23.2 Å². The number of ether oxygens (including phenoxy) is 1. The molecule has 5 nitrogen and oxygen atoms in total. The highest BCUT2D eigenvalue weighted by atomic mass is 35.5. The Morgan fingerprint density at radius 2 is 2.09 bits per heavy atom. The summed E-state index contributed by atoms with van der Waals surface area (Å²) in [4.78, 5) is 14.9. The lowest BCUT2D eigenvalue weighted by Crippen LogP contribution is -2.57. The van der Waals surface area contributed by atoms with Crippen molar-refractivity contribution in [2.45, 2.75) is 18.9 Å². The maximum absolute atomic E-state index is 12.5. The van der Waals surface area contributed by atoms with E-state index in [0.717, 1.165) is 32.5 Å². The van der Waals surface area contributed by atoms with Crippen LogP contribution in [-0.4, -0.2) is 43.6 Å². The molecule has 3 saturated heterocycles. The number of piperidine rings is 3. The van der Waals surface area contributed by atoms with Gasteiger partial charge in [-0.3, -0.25) is 4.79 Å². The molecule has 0 spiro atoms. The van der Waals surface area contributed by atoms with Gasteiger partial charge >= 0.3 is 0 Å². The number of anilines is 1. The van der Waals surface area contributed by atoms with E-state index in [2.05, 4.69) is 10.2 Å². The molecule has 3 fully saturated rings. The Morgan fingerprint density at radius 1 is 1.41 bits per heavy atom. The molecule has 7 heteroatoms. The number of halogens is 2. The molecule has 3 aliphatic heterocycles. The van der Waals surface area contributed by atoms with Gasteiger partial charge in [0.1, 0.15) is 5.75 Å². The summed E-state index contributed by atoms with van der Waals surface area (Å²) in [5.41, 5.74) is 6.60. The van der Waals surface area contributed by atoms with E-state index in [9.17, 15) is 4.79 Å². The van der Waals surface area contributed by atoms with Crippen LogP contribution in [0.25, 0.3) is 0 Å². The third-order valence-corrected chi connectivity index (χ3v) is 4.86. The van der Waals surface area contributed by atoms with Crippen LogP contribution in [0.2, 0.25) is 5.02 Å². The summed E-state index contributed by atoms with van der Waals surface area (Å²) in [7, 11) is 1.52. The maximum Gasteiger partial charge on any atom is 0.255 e. The number of nitrogens with zero attached hydrogens (tertiary/aromatic N) is 1. The number of carbonyl (C=O) groups excluding carboxylic acids is 1. The van der Waals surface area contributed by atoms with E-state index in [4.69, 9.17) is 22.1 Å². The Balaban J connectivity index is 0.00000176. The smallest absolute Gasteiger partial charge is 0.255 e. The van der Waals surface area contributed by atoms with Crippen molar-refractivity contribution in [2.24, 2.45) is 5.92 Å². The van der Waals surface area contributed by atoms with Gasteiger partial charge in [-0.1, -0.05) is 11.6 Å². The first kappa shape index (κ1) is 17.2. The van der Waals surface area contributed by atoms with Crippen molar-refractivity contribution in [3.05, 3.63) is 22.7 Å². The molecular formula is C15H21Cl2N3O2. The van der Waals surface area contributed by atoms with Crippen molar-refractivity contribution in [1.82, 2.24) is 10.2 Å². The quantitative estimate of drug-likeness (QED) is 0.824. The van der Waals surface area contributed by atoms with Crippen LogP contribution in [0.4, 0.5) is 5.69 Å². The normalized spacial score (nSPS) is 26.2. The maximum atomic E-state index is 12.5. The molecule has 3 aliphatic rings. The first-order valence-electron chi connectivity index (χ1n) is 7.24. The van der Waals surface area contributed by atoms with Gasteiger partial charge in [-0.2, -0.15) is 0 Å². The summed E-state index contributed by atoms with van der Waals surface area (Å²) >= 11 is 6.02. The third kappa shape index (κ3) is 3.26. The zero-order valence-corrected chi connectivity index (χ0v) is 14.0. The molecule has 1 aromatic carbocycles. The van der Waals surface area contributed by atoms with Crippen LogP contribution in [0, 0.1) is 5.92 Å². The number of carbonyl (C=O) groups is 1. The van der Waals surface area contributed by atoms with Gasteiger partial charge in [0.05, 0.1) is 23.4 Å². The molecular weight excluding hydrogens is 325 g/mol. The highest BCUT2D eigenvalue weighted by Gasteiger charge is 2.35. The fourth-order valence-electron chi connectivity index (χ4n) is 3.29. The molecule has 0 aromatic heterocycles. The number of nitrogens with two attached hydrogens (primary N) is 1. The zero-order chi connectivity index (χ0) is 15.0. The van der Waals surface area contributed by atoms with Gasteiger partial charge in [0.15, 0.2) is 0 Å². The SMILES string of the molecule is COc1cc(N)c(Cl)cc1C(=O)NC1CN2CCC1CC2.Cl. The molecule has 1 unspecified atom stereocenters. The van der Waals surface area contributed by atoms with E-state index >= 15 is 0 Å². The van der Waals surface area contributed by atoms with E-state index in [1.807, 2.05) is 0 Å². The van der Waals surface area contributed by atoms with Crippen molar-refractivity contribution < 1.29 is 9.53 Å². The number of nitrogen functional groups attached to an aromatic ring is 1. The summed E-state index contributed by atoms with van der Waals surface area (Å²) < 4.78 is 5.24. The number of nitrogens with one attached hydrogen (secondary N) is 1. The average Bonchev–Trinajstić information content (AvgIpc) is 2.50. The van der Waals surface area contributed by atoms with Crippen LogP contribution in [0.15, 0.2) is 12.1 Å². The molecule has 3 heterocycles. The Morgan fingerprint density at radius 3 is 2.64 bits per heavy atom. The van der Waals surface area contributed by atoms with Gasteiger partial charge in [0.25, 0.3) is 5.91 Å². The second kappa shape index (κ2) is 6.94. The minimum absolute atomic E-state index is 0. The predicted molar refractivity (Wildman–Crippen MR) is 90.1 cm³/mol. The lowest BCUT2D eigenvalue weighted by atomic mass is 9.84. The van der Waals surface area contributed by atoms with Gasteiger partial charge in [-0.15, -0.1) is 12.4 Å². The molecule has 4 rings (SSSR count). The van der Waals surface area contributed by atoms with Crippen LogP contribution < -0.4 is 15.8 Å². The van der Waals surface area contributed by atoms with Gasteiger partial charge < -0.3 is 20.7 Å². The fraction of sp³-hybridized carbons (Fsp3) is 0.533. The standard InChI is InChI=1S/C15H20ClN3O2.ClH/c1-21-14-7-12(17)11(16)6-10(14)15(20)18-13-8-19-4-2-9(13)3-5-19;/h6-7,9,13H,2-5,8,17H2,1H3,(H,18,20);1H. The summed E-state index contributed by atoms with van der Waals surface area (Å²) in [6.45, 7) is 3.23. The van der Waals surface area contributed by atoms with Crippen LogP contribution in [-0.2, 0) is 0 Å². The van der Waals surface area contributed by atoms with Crippen molar-refractivity contribution in [3.63, 3.8) is 0 Å². The first-order chi connectivity index (χ1) is 10.1. The number of rotatable bonds is 3. The molecule has 1 atom stereocenters. The van der Waals surface area contributed by atoms with Crippen LogP contribution >= 0.6 is 24.0 Å². The Labute approximate surface area is 141 Å². The lowest BCUT2D eigenvalue weighted by Gasteiger charge is -2.44. The first-order valence-corrected chi connectivity index (χ1v) is 7.62. The minimum atomic E-state index is -0.146. The summed E-state index contributed by atoms with van der Waals surface area (Å²) in [6.07, 6.45) is 2.31. The second-order valence-electron chi connectivity index (χ2n) is 5.79. The molecule has 2 bridgehead atoms. The number of benzene rings is 1. The fourth-order valence-corrected chi connectivity index (χ4v) is 3.45. The van der Waals surface area contributed by atoms with E-state index in [1.54, 1.807) is 12.1 Å². The topological polar surface area (TPSA) is 67.6 Å². The number of hydrogen-bond acceptors (Lipinski definition) is 4. The Kier molecular flexibility index (Phi) is 5.42. The van der Waals surface area contributed by atoms with Crippen LogP contribution in [0.3, 0.4) is 0 Å². The van der Waals surface area contributed by atoms with E-state index in [-0.39, 0.29) is 24.4 Å². The van der Waals surface area contributed by atoms with Crippen molar-refractivity contribution in [2.75, 3.05) is 32.5 Å². The molecule has 122 valence electrons. The molecule has 22 heavy (non-hydrogen) atoms. The number of hydrogen-bond donors (Lipinski definition) is 2. The monoisotopic (exact) mass is 345 g/mol. The Hall–Kier alpha value is -1.17. The number of fused-ring (bicyclic) bond motifs is 3. The molecule has 1 amide bonds. The summed E-state index contributed by atoms with van der Waals surface area (Å²) in [5, 5.41) is 3.50. The number of methoxy groups -OCH3 is 1. The van der Waals surface area contributed by atoms with Crippen molar-refractivity contribution in [1.29, 1.82) is 0 Å². The third-order valence-electron chi connectivity index (χ3n) is 4.54. The van der Waals surface area contributed by atoms with E-state index in [1.165, 1.54) is 7.11 Å². The minimum Gasteiger partial charge on any atom is -0.496 e. The van der Waals surface area contributed by atoms with E-state index in [0.29, 0.717) is 27.9 Å². The highest BCUT2D eigenvalue weighted by Crippen LogP contribution is 2.31. The van der Waals surface area contributed by atoms with Crippen LogP contribution in [0.5, 0.6) is 5.75 Å². The van der Waals surface area contributed by atoms with Gasteiger partial charge in [0, 0.05) is 18.7 Å². The van der Waals surface area contributed by atoms with Gasteiger partial charge in [-0.05, 0) is 37.9 Å². The van der Waals surface area contributed by atoms with E-state index < -0.39 is 0 Å². The second-order valence-corrected chi connectivity index (χ2v) is 6.20. The number of amides is 1. The molecule has 0 radical (unpaired) electrons. The summed E-state index contributed by atoms with van der Waals surface area (Å²) in [5.74, 6) is 0.886. The van der Waals surface area contributed by atoms with Gasteiger partial charge in [0.2, 0.25) is 0 Å². The predicted octanol–water partition coefficient (Wildman–Crippen LogP) is 2.18. The largest absolute Gasteiger partial charge is 0.496 e. The van der Waals surface area contributed by atoms with Gasteiger partial charge in [-0.25, -0.2) is 0 Å². The lowest BCUT2D eigenvalue weighted by molar-refractivity contribution is 0.0619. The zero-order valence-electron chi connectivity index (χ0n) is 12.5.